The Kier molecular flexibility index (Phi) is 5.27. The Morgan fingerprint density at radius 1 is 1.22 bits per heavy atom. The van der Waals surface area contributed by atoms with Crippen molar-refractivity contribution >= 4 is 5.78 Å². The van der Waals surface area contributed by atoms with Gasteiger partial charge in [0.25, 0.3) is 0 Å². The standard InChI is InChI=1S/C13H18O5/c1-13(2,16)12(15)10-3-5-11(6-4-10)18-8-7-17-9-14/h3-6,14,16H,7-9H2,1-2H3. The van der Waals surface area contributed by atoms with E-state index in [1.807, 2.05) is 0 Å². The van der Waals surface area contributed by atoms with Gasteiger partial charge in [-0.3, -0.25) is 4.79 Å². The highest BCUT2D eigenvalue weighted by Gasteiger charge is 2.24. The lowest BCUT2D eigenvalue weighted by molar-refractivity contribution is -0.0126. The highest BCUT2D eigenvalue weighted by atomic mass is 16.6. The topological polar surface area (TPSA) is 76.0 Å². The number of rotatable bonds is 7. The molecule has 5 heteroatoms. The van der Waals surface area contributed by atoms with Crippen LogP contribution in [0.2, 0.25) is 0 Å². The zero-order valence-electron chi connectivity index (χ0n) is 10.5. The Labute approximate surface area is 106 Å². The number of aliphatic hydroxyl groups is 2. The molecule has 0 atom stereocenters. The van der Waals surface area contributed by atoms with Gasteiger partial charge in [0.05, 0.1) is 6.61 Å². The van der Waals surface area contributed by atoms with Crippen LogP contribution in [-0.4, -0.2) is 41.6 Å². The van der Waals surface area contributed by atoms with Gasteiger partial charge in [0.15, 0.2) is 5.78 Å². The summed E-state index contributed by atoms with van der Waals surface area (Å²) in [7, 11) is 0. The molecule has 0 saturated heterocycles. The first-order chi connectivity index (χ1) is 8.45. The van der Waals surface area contributed by atoms with Crippen LogP contribution in [0.4, 0.5) is 0 Å². The molecule has 0 aliphatic rings. The second-order valence-corrected chi connectivity index (χ2v) is 4.30. The van der Waals surface area contributed by atoms with Crippen LogP contribution in [-0.2, 0) is 4.74 Å². The highest BCUT2D eigenvalue weighted by Crippen LogP contribution is 2.16. The summed E-state index contributed by atoms with van der Waals surface area (Å²) in [5.74, 6) is 0.265. The summed E-state index contributed by atoms with van der Waals surface area (Å²) in [6.45, 7) is 3.18. The molecule has 100 valence electrons. The maximum absolute atomic E-state index is 11.7. The fourth-order valence-corrected chi connectivity index (χ4v) is 1.34. The van der Waals surface area contributed by atoms with Gasteiger partial charge in [-0.15, -0.1) is 0 Å². The maximum atomic E-state index is 11.7. The average molecular weight is 254 g/mol. The molecule has 0 aromatic heterocycles. The normalized spacial score (nSPS) is 11.3. The number of hydrogen-bond acceptors (Lipinski definition) is 5. The van der Waals surface area contributed by atoms with Gasteiger partial charge < -0.3 is 19.7 Å². The van der Waals surface area contributed by atoms with Crippen molar-refractivity contribution in [3.05, 3.63) is 29.8 Å². The molecule has 1 aromatic rings. The minimum Gasteiger partial charge on any atom is -0.491 e. The predicted octanol–water partition coefficient (Wildman–Crippen LogP) is 0.985. The van der Waals surface area contributed by atoms with Crippen LogP contribution in [0.5, 0.6) is 5.75 Å². The van der Waals surface area contributed by atoms with E-state index in [-0.39, 0.29) is 12.6 Å². The lowest BCUT2D eigenvalue weighted by Gasteiger charge is -2.15. The summed E-state index contributed by atoms with van der Waals surface area (Å²) in [4.78, 5) is 11.7. The van der Waals surface area contributed by atoms with Crippen molar-refractivity contribution in [2.24, 2.45) is 0 Å². The van der Waals surface area contributed by atoms with Crippen molar-refractivity contribution in [1.29, 1.82) is 0 Å². The SMILES string of the molecule is CC(C)(O)C(=O)c1ccc(OCCOCO)cc1. The molecular formula is C13H18O5. The minimum absolute atomic E-state index is 0.293. The van der Waals surface area contributed by atoms with E-state index in [9.17, 15) is 9.90 Å². The molecule has 18 heavy (non-hydrogen) atoms. The van der Waals surface area contributed by atoms with E-state index in [0.717, 1.165) is 0 Å². The van der Waals surface area contributed by atoms with Crippen molar-refractivity contribution in [2.75, 3.05) is 20.0 Å². The Morgan fingerprint density at radius 3 is 2.33 bits per heavy atom. The third-order valence-electron chi connectivity index (χ3n) is 2.26. The Balaban J connectivity index is 2.55. The van der Waals surface area contributed by atoms with Crippen LogP contribution in [0, 0.1) is 0 Å². The molecule has 1 rings (SSSR count). The van der Waals surface area contributed by atoms with Crippen LogP contribution in [0.25, 0.3) is 0 Å². The minimum atomic E-state index is -1.38. The fourth-order valence-electron chi connectivity index (χ4n) is 1.34. The van der Waals surface area contributed by atoms with Crippen molar-refractivity contribution in [3.8, 4) is 5.75 Å². The number of carbonyl (C=O) groups excluding carboxylic acids is 1. The summed E-state index contributed by atoms with van der Waals surface area (Å²) in [5, 5.41) is 18.0. The largest absolute Gasteiger partial charge is 0.491 e. The fraction of sp³-hybridized carbons (Fsp3) is 0.462. The molecule has 0 radical (unpaired) electrons. The van der Waals surface area contributed by atoms with Gasteiger partial charge in [-0.2, -0.15) is 0 Å². The molecule has 0 fully saturated rings. The van der Waals surface area contributed by atoms with E-state index in [0.29, 0.717) is 24.5 Å². The molecule has 0 amide bonds. The lowest BCUT2D eigenvalue weighted by Crippen LogP contribution is -2.30. The quantitative estimate of drug-likeness (QED) is 0.431. The number of benzene rings is 1. The van der Waals surface area contributed by atoms with E-state index in [2.05, 4.69) is 0 Å². The van der Waals surface area contributed by atoms with Crippen LogP contribution in [0.1, 0.15) is 24.2 Å². The predicted molar refractivity (Wildman–Crippen MR) is 65.6 cm³/mol. The zero-order valence-corrected chi connectivity index (χ0v) is 10.5. The summed E-state index contributed by atoms with van der Waals surface area (Å²) in [6, 6.07) is 6.50. The summed E-state index contributed by atoms with van der Waals surface area (Å²) in [5.41, 5.74) is -0.946. The number of ether oxygens (including phenoxy) is 2. The van der Waals surface area contributed by atoms with E-state index >= 15 is 0 Å². The van der Waals surface area contributed by atoms with Crippen molar-refractivity contribution < 1.29 is 24.5 Å². The number of ketones is 1. The highest BCUT2D eigenvalue weighted by molar-refractivity contribution is 6.01. The Bertz CT molecular complexity index is 377. The van der Waals surface area contributed by atoms with Gasteiger partial charge >= 0.3 is 0 Å². The summed E-state index contributed by atoms with van der Waals surface area (Å²) in [6.07, 6.45) is 0. The molecule has 0 spiro atoms. The molecule has 5 nitrogen and oxygen atoms in total. The number of hydrogen-bond donors (Lipinski definition) is 2. The first-order valence-corrected chi connectivity index (χ1v) is 5.64. The van der Waals surface area contributed by atoms with E-state index in [1.54, 1.807) is 24.3 Å². The van der Waals surface area contributed by atoms with Gasteiger partial charge in [-0.1, -0.05) is 0 Å². The zero-order chi connectivity index (χ0) is 13.6. The van der Waals surface area contributed by atoms with Crippen molar-refractivity contribution in [2.45, 2.75) is 19.4 Å². The third-order valence-corrected chi connectivity index (χ3v) is 2.26. The smallest absolute Gasteiger partial charge is 0.193 e. The van der Waals surface area contributed by atoms with E-state index in [1.165, 1.54) is 13.8 Å². The van der Waals surface area contributed by atoms with Gasteiger partial charge in [0.2, 0.25) is 0 Å². The molecule has 2 N–H and O–H groups in total. The number of carbonyl (C=O) groups is 1. The maximum Gasteiger partial charge on any atom is 0.193 e. The molecule has 0 aliphatic carbocycles. The molecule has 1 aromatic carbocycles. The van der Waals surface area contributed by atoms with Gasteiger partial charge in [-0.25, -0.2) is 0 Å². The van der Waals surface area contributed by atoms with Crippen LogP contribution < -0.4 is 4.74 Å². The molecule has 0 bridgehead atoms. The van der Waals surface area contributed by atoms with Crippen LogP contribution >= 0.6 is 0 Å². The second-order valence-electron chi connectivity index (χ2n) is 4.30. The number of Topliss-reactive ketones (excluding diaryl/α,β-unsaturated/α-hetero) is 1. The summed E-state index contributed by atoms with van der Waals surface area (Å²) < 4.78 is 10.0. The third kappa shape index (κ3) is 4.44. The van der Waals surface area contributed by atoms with Gasteiger partial charge in [0, 0.05) is 5.56 Å². The van der Waals surface area contributed by atoms with E-state index in [4.69, 9.17) is 14.6 Å². The average Bonchev–Trinajstić information content (AvgIpc) is 2.33. The molecule has 0 saturated carbocycles. The van der Waals surface area contributed by atoms with Gasteiger partial charge in [-0.05, 0) is 38.1 Å². The first-order valence-electron chi connectivity index (χ1n) is 5.64. The van der Waals surface area contributed by atoms with Crippen LogP contribution in [0.15, 0.2) is 24.3 Å². The summed E-state index contributed by atoms with van der Waals surface area (Å²) >= 11 is 0. The lowest BCUT2D eigenvalue weighted by atomic mass is 9.97. The van der Waals surface area contributed by atoms with Crippen molar-refractivity contribution in [1.82, 2.24) is 0 Å². The second kappa shape index (κ2) is 6.49. The molecule has 0 unspecified atom stereocenters. The number of aliphatic hydroxyl groups excluding tert-OH is 1. The molecular weight excluding hydrogens is 236 g/mol. The van der Waals surface area contributed by atoms with E-state index < -0.39 is 5.60 Å². The molecule has 0 aliphatic heterocycles. The Morgan fingerprint density at radius 2 is 1.83 bits per heavy atom. The first kappa shape index (κ1) is 14.6. The van der Waals surface area contributed by atoms with Crippen molar-refractivity contribution in [3.63, 3.8) is 0 Å². The Hall–Kier alpha value is -1.43. The van der Waals surface area contributed by atoms with Gasteiger partial charge in [0.1, 0.15) is 24.8 Å². The van der Waals surface area contributed by atoms with Crippen LogP contribution in [0.3, 0.4) is 0 Å². The molecule has 0 heterocycles. The monoisotopic (exact) mass is 254 g/mol.